The van der Waals surface area contributed by atoms with Gasteiger partial charge in [-0.3, -0.25) is 9.59 Å². The van der Waals surface area contributed by atoms with Crippen LogP contribution >= 0.6 is 0 Å². The molecule has 6 rings (SSSR count). The number of ketones is 2. The van der Waals surface area contributed by atoms with E-state index < -0.39 is 64.9 Å². The summed E-state index contributed by atoms with van der Waals surface area (Å²) in [6.45, 7) is 3.19. The van der Waals surface area contributed by atoms with Gasteiger partial charge in [-0.2, -0.15) is 0 Å². The lowest BCUT2D eigenvalue weighted by molar-refractivity contribution is -0.311. The highest BCUT2D eigenvalue weighted by Gasteiger charge is 2.59. The van der Waals surface area contributed by atoms with Gasteiger partial charge in [-0.05, 0) is 45.6 Å². The van der Waals surface area contributed by atoms with E-state index in [0.29, 0.717) is 11.1 Å². The van der Waals surface area contributed by atoms with E-state index in [-0.39, 0.29) is 46.4 Å². The second-order valence-electron chi connectivity index (χ2n) is 11.6. The standard InChI is InChI=1S/C28H31NO10/c1-27(36)8-10-6-11-16(21(32)15(10)14(9-27)37-5)22(33)17-13(30)7-12-24(18(17)20(11)31)38-26-23(34)19(29(3)4)25(35)28(12,2)39-26/h6-7,14,19,23,25-26,30,32,34-36H,8-9H2,1-5H3/t14-,19-,23-,25+,26-,27+,28+/m0/s1. The van der Waals surface area contributed by atoms with Gasteiger partial charge in [0, 0.05) is 36.6 Å². The van der Waals surface area contributed by atoms with Crippen molar-refractivity contribution >= 4 is 11.6 Å². The van der Waals surface area contributed by atoms with E-state index in [1.165, 1.54) is 19.2 Å². The normalized spacial score (nSPS) is 34.6. The van der Waals surface area contributed by atoms with Crippen molar-refractivity contribution in [3.63, 3.8) is 0 Å². The van der Waals surface area contributed by atoms with Crippen molar-refractivity contribution in [2.45, 2.75) is 68.5 Å². The molecule has 0 saturated carbocycles. The van der Waals surface area contributed by atoms with E-state index >= 15 is 0 Å². The van der Waals surface area contributed by atoms with Crippen LogP contribution in [0.1, 0.15) is 74.9 Å². The maximum atomic E-state index is 14.1. The first kappa shape index (κ1) is 26.2. The number of rotatable bonds is 2. The molecule has 2 aromatic carbocycles. The zero-order valence-corrected chi connectivity index (χ0v) is 22.2. The fourth-order valence-electron chi connectivity index (χ4n) is 6.76. The number of methoxy groups -OCH3 is 1. The Bertz CT molecular complexity index is 1450. The average molecular weight is 542 g/mol. The number of hydrogen-bond donors (Lipinski definition) is 5. The van der Waals surface area contributed by atoms with Gasteiger partial charge in [0.2, 0.25) is 12.1 Å². The molecule has 0 spiro atoms. The number of carbonyl (C=O) groups excluding carboxylic acids is 2. The summed E-state index contributed by atoms with van der Waals surface area (Å²) in [5, 5.41) is 55.4. The van der Waals surface area contributed by atoms with Gasteiger partial charge in [0.05, 0.1) is 34.4 Å². The summed E-state index contributed by atoms with van der Waals surface area (Å²) in [5.41, 5.74) is -2.71. The Morgan fingerprint density at radius 3 is 2.38 bits per heavy atom. The van der Waals surface area contributed by atoms with Crippen LogP contribution in [-0.4, -0.2) is 93.3 Å². The number of phenolic OH excluding ortho intramolecular Hbond substituents is 2. The number of hydrogen-bond acceptors (Lipinski definition) is 11. The predicted molar refractivity (Wildman–Crippen MR) is 134 cm³/mol. The summed E-state index contributed by atoms with van der Waals surface area (Å²) in [5.74, 6) is -2.54. The quantitative estimate of drug-likeness (QED) is 0.312. The summed E-state index contributed by atoms with van der Waals surface area (Å²) >= 11 is 0. The van der Waals surface area contributed by atoms with Gasteiger partial charge in [-0.25, -0.2) is 0 Å². The molecule has 0 unspecified atom stereocenters. The lowest BCUT2D eigenvalue weighted by Crippen LogP contribution is -2.68. The first-order valence-corrected chi connectivity index (χ1v) is 12.7. The molecule has 39 heavy (non-hydrogen) atoms. The number of phenols is 2. The van der Waals surface area contributed by atoms with Gasteiger partial charge in [0.25, 0.3) is 0 Å². The van der Waals surface area contributed by atoms with E-state index in [4.69, 9.17) is 14.2 Å². The number of benzene rings is 2. The van der Waals surface area contributed by atoms with Crippen LogP contribution in [0.5, 0.6) is 17.2 Å². The molecular formula is C28H31NO10. The lowest BCUT2D eigenvalue weighted by Gasteiger charge is -2.53. The van der Waals surface area contributed by atoms with Crippen LogP contribution in [-0.2, 0) is 21.5 Å². The molecule has 7 atom stereocenters. The summed E-state index contributed by atoms with van der Waals surface area (Å²) in [6.07, 6.45) is -4.29. The minimum Gasteiger partial charge on any atom is -0.507 e. The van der Waals surface area contributed by atoms with Gasteiger partial charge in [0.15, 0.2) is 5.78 Å². The molecule has 2 aliphatic heterocycles. The molecule has 2 heterocycles. The summed E-state index contributed by atoms with van der Waals surface area (Å²) in [6, 6.07) is 1.90. The number of nitrogens with zero attached hydrogens (tertiary/aromatic N) is 1. The number of likely N-dealkylation sites (N-methyl/N-ethyl adjacent to an activating group) is 1. The first-order chi connectivity index (χ1) is 18.2. The van der Waals surface area contributed by atoms with Crippen molar-refractivity contribution in [1.82, 2.24) is 4.90 Å². The second-order valence-corrected chi connectivity index (χ2v) is 11.6. The highest BCUT2D eigenvalue weighted by molar-refractivity contribution is 6.31. The maximum Gasteiger partial charge on any atom is 0.228 e. The van der Waals surface area contributed by atoms with Crippen molar-refractivity contribution in [3.8, 4) is 17.2 Å². The molecule has 11 nitrogen and oxygen atoms in total. The average Bonchev–Trinajstić information content (AvgIpc) is 2.84. The van der Waals surface area contributed by atoms with Crippen LogP contribution < -0.4 is 4.74 Å². The zero-order chi connectivity index (χ0) is 28.3. The Hall–Kier alpha value is -3.06. The zero-order valence-electron chi connectivity index (χ0n) is 22.2. The maximum absolute atomic E-state index is 14.1. The Kier molecular flexibility index (Phi) is 5.52. The highest BCUT2D eigenvalue weighted by Crippen LogP contribution is 2.54. The van der Waals surface area contributed by atoms with Gasteiger partial charge in [0.1, 0.15) is 35.1 Å². The van der Waals surface area contributed by atoms with Crippen LogP contribution in [0.4, 0.5) is 0 Å². The van der Waals surface area contributed by atoms with Gasteiger partial charge < -0.3 is 44.6 Å². The highest BCUT2D eigenvalue weighted by atomic mass is 16.7. The molecule has 1 fully saturated rings. The van der Waals surface area contributed by atoms with Gasteiger partial charge in [-0.15, -0.1) is 0 Å². The molecule has 4 aliphatic rings. The Balaban J connectivity index is 1.58. The van der Waals surface area contributed by atoms with E-state index in [2.05, 4.69) is 0 Å². The van der Waals surface area contributed by atoms with Crippen LogP contribution in [0.3, 0.4) is 0 Å². The third-order valence-electron chi connectivity index (χ3n) is 8.66. The van der Waals surface area contributed by atoms with Crippen molar-refractivity contribution in [2.75, 3.05) is 21.2 Å². The molecule has 2 aliphatic carbocycles. The summed E-state index contributed by atoms with van der Waals surface area (Å²) in [7, 11) is 4.80. The molecule has 1 saturated heterocycles. The number of fused-ring (bicyclic) bond motifs is 8. The smallest absolute Gasteiger partial charge is 0.228 e. The summed E-state index contributed by atoms with van der Waals surface area (Å²) in [4.78, 5) is 29.5. The molecule has 2 bridgehead atoms. The molecule has 0 amide bonds. The summed E-state index contributed by atoms with van der Waals surface area (Å²) < 4.78 is 17.4. The molecule has 2 aromatic rings. The molecular weight excluding hydrogens is 510 g/mol. The van der Waals surface area contributed by atoms with E-state index in [9.17, 15) is 35.1 Å². The third kappa shape index (κ3) is 3.38. The third-order valence-corrected chi connectivity index (χ3v) is 8.66. The van der Waals surface area contributed by atoms with Gasteiger partial charge in [-0.1, -0.05) is 0 Å². The van der Waals surface area contributed by atoms with Crippen molar-refractivity contribution in [3.05, 3.63) is 51.1 Å². The number of aromatic hydroxyl groups is 2. The number of aliphatic hydroxyl groups is 3. The van der Waals surface area contributed by atoms with Crippen LogP contribution in [0.15, 0.2) is 12.1 Å². The monoisotopic (exact) mass is 541 g/mol. The first-order valence-electron chi connectivity index (χ1n) is 12.7. The lowest BCUT2D eigenvalue weighted by atomic mass is 9.72. The predicted octanol–water partition coefficient (Wildman–Crippen LogP) is 0.874. The van der Waals surface area contributed by atoms with Crippen molar-refractivity contribution in [1.29, 1.82) is 0 Å². The van der Waals surface area contributed by atoms with Crippen molar-refractivity contribution < 1.29 is 49.3 Å². The fourth-order valence-corrected chi connectivity index (χ4v) is 6.76. The second kappa shape index (κ2) is 8.23. The number of aliphatic hydroxyl groups excluding tert-OH is 2. The number of ether oxygens (including phenoxy) is 3. The van der Waals surface area contributed by atoms with Crippen LogP contribution in [0, 0.1) is 0 Å². The Morgan fingerprint density at radius 1 is 1.05 bits per heavy atom. The molecule has 0 aromatic heterocycles. The molecule has 11 heteroatoms. The molecule has 0 radical (unpaired) electrons. The van der Waals surface area contributed by atoms with E-state index in [0.717, 1.165) is 0 Å². The van der Waals surface area contributed by atoms with Crippen LogP contribution in [0.2, 0.25) is 0 Å². The Morgan fingerprint density at radius 2 is 1.74 bits per heavy atom. The van der Waals surface area contributed by atoms with Crippen molar-refractivity contribution in [2.24, 2.45) is 0 Å². The minimum atomic E-state index is -1.50. The topological polar surface area (TPSA) is 166 Å². The van der Waals surface area contributed by atoms with E-state index in [1.807, 2.05) is 0 Å². The SMILES string of the molecule is CO[C@H]1C[C@](C)(O)Cc2cc3c(c(O)c21)C(=O)c1c(O)cc2c(c1C3=O)O[C@H]1O[C@@]2(C)[C@H](O)[C@@H](N(C)C)[C@@H]1O. The number of carbonyl (C=O) groups is 2. The van der Waals surface area contributed by atoms with Gasteiger partial charge >= 0.3 is 0 Å². The minimum absolute atomic E-state index is 0.0835. The fraction of sp³-hybridized carbons (Fsp3) is 0.500. The van der Waals surface area contributed by atoms with Crippen LogP contribution in [0.25, 0.3) is 0 Å². The van der Waals surface area contributed by atoms with E-state index in [1.54, 1.807) is 32.8 Å². The molecule has 208 valence electrons. The molecule has 5 N–H and O–H groups in total. The Labute approximate surface area is 224 Å². The largest absolute Gasteiger partial charge is 0.507 e.